The van der Waals surface area contributed by atoms with Gasteiger partial charge in [-0.05, 0) is 227 Å². The number of aromatic nitrogens is 10. The molecule has 0 radical (unpaired) electrons. The highest BCUT2D eigenvalue weighted by molar-refractivity contribution is 6.48. The maximum atomic E-state index is 14.3. The monoisotopic (exact) mass is 1890 g/mol. The second-order valence-corrected chi connectivity index (χ2v) is 38.2. The number of amides is 3. The molecule has 0 bridgehead atoms. The summed E-state index contributed by atoms with van der Waals surface area (Å²) in [7, 11) is -1.40. The summed E-state index contributed by atoms with van der Waals surface area (Å²) < 4.78 is 34.6. The Morgan fingerprint density at radius 2 is 0.949 bits per heavy atom. The number of hydrogen-bond donors (Lipinski definition) is 9. The number of H-pyrrole nitrogens is 2. The maximum absolute atomic E-state index is 14.3. The zero-order valence-electron chi connectivity index (χ0n) is 80.0. The highest BCUT2D eigenvalue weighted by Crippen LogP contribution is 2.52. The lowest BCUT2D eigenvalue weighted by atomic mass is 9.65. The van der Waals surface area contributed by atoms with Crippen LogP contribution in [0.5, 0.6) is 28.7 Å². The molecule has 0 saturated carbocycles. The molecule has 4 aliphatic heterocycles. The average Bonchev–Trinajstić information content (AvgIpc) is 1.59. The van der Waals surface area contributed by atoms with Gasteiger partial charge in [0.25, 0.3) is 24.2 Å². The van der Waals surface area contributed by atoms with E-state index in [1.165, 1.54) is 64.0 Å². The van der Waals surface area contributed by atoms with Crippen molar-refractivity contribution in [1.29, 1.82) is 0 Å². The van der Waals surface area contributed by atoms with Crippen LogP contribution >= 0.6 is 12.4 Å². The van der Waals surface area contributed by atoms with Crippen LogP contribution in [0.4, 0.5) is 0 Å². The van der Waals surface area contributed by atoms with Gasteiger partial charge in [0.05, 0.1) is 58.2 Å². The number of fused-ring (bicyclic) bond motifs is 2. The predicted molar refractivity (Wildman–Crippen MR) is 526 cm³/mol. The molecule has 6 atom stereocenters. The van der Waals surface area contributed by atoms with Gasteiger partial charge in [-0.2, -0.15) is 10.2 Å². The molecular formula is C104H119B2ClN14O17. The first-order valence-corrected chi connectivity index (χ1v) is 46.4. The van der Waals surface area contributed by atoms with Crippen molar-refractivity contribution in [2.75, 3.05) is 13.1 Å². The molecule has 9 N–H and O–H groups in total. The second kappa shape index (κ2) is 43.8. The number of nitrogens with one attached hydrogen (secondary N) is 5. The normalized spacial score (nSPS) is 17.2. The van der Waals surface area contributed by atoms with Gasteiger partial charge in [0, 0.05) is 86.6 Å². The topological polar surface area (TPSA) is 422 Å². The number of carbonyl (C=O) groups excluding carboxylic acids is 6. The highest BCUT2D eigenvalue weighted by Gasteiger charge is 2.59. The predicted octanol–water partition coefficient (Wildman–Crippen LogP) is 15.5. The summed E-state index contributed by atoms with van der Waals surface area (Å²) in [6, 6.07) is 49.5. The molecule has 31 nitrogen and oxygen atoms in total. The van der Waals surface area contributed by atoms with Crippen LogP contribution in [0.25, 0.3) is 34.2 Å². The van der Waals surface area contributed by atoms with Crippen molar-refractivity contribution in [3.8, 4) is 62.9 Å². The Labute approximate surface area is 808 Å². The summed E-state index contributed by atoms with van der Waals surface area (Å²) in [6.07, 6.45) is 12.4. The van der Waals surface area contributed by atoms with Crippen LogP contribution in [0.2, 0.25) is 11.6 Å². The lowest BCUT2D eigenvalue weighted by Crippen LogP contribution is -2.44. The number of nitrogens with zero attached hydrogens (tertiary/aromatic N) is 9. The molecule has 34 heteroatoms. The Kier molecular flexibility index (Phi) is 32.4. The summed E-state index contributed by atoms with van der Waals surface area (Å²) in [4.78, 5) is 123. The number of Topliss-reactive ketones (excluding diaryl/α,β-unsaturated/α-hetero) is 2. The van der Waals surface area contributed by atoms with Crippen LogP contribution in [0, 0.1) is 11.8 Å². The molecule has 8 heterocycles. The Bertz CT molecular complexity index is 6450. The second-order valence-electron chi connectivity index (χ2n) is 38.2. The fourth-order valence-electron chi connectivity index (χ4n) is 18.3. The van der Waals surface area contributed by atoms with Gasteiger partial charge in [0.1, 0.15) is 51.3 Å². The van der Waals surface area contributed by atoms with Crippen molar-refractivity contribution in [2.45, 2.75) is 219 Å². The van der Waals surface area contributed by atoms with E-state index in [1.807, 2.05) is 191 Å². The molecule has 0 aliphatic carbocycles. The van der Waals surface area contributed by atoms with Crippen molar-refractivity contribution in [3.63, 3.8) is 0 Å². The van der Waals surface area contributed by atoms with Crippen LogP contribution in [0.1, 0.15) is 221 Å². The Balaban J connectivity index is 0.000000194. The lowest BCUT2D eigenvalue weighted by molar-refractivity contribution is -0.121. The largest absolute Gasteiger partial charge is 0.508 e. The van der Waals surface area contributed by atoms with Crippen molar-refractivity contribution in [3.05, 3.63) is 301 Å². The van der Waals surface area contributed by atoms with Gasteiger partial charge in [-0.25, -0.2) is 38.9 Å². The molecule has 720 valence electrons. The van der Waals surface area contributed by atoms with Crippen LogP contribution in [0.3, 0.4) is 0 Å². The van der Waals surface area contributed by atoms with Crippen LogP contribution in [-0.4, -0.2) is 161 Å². The van der Waals surface area contributed by atoms with E-state index in [1.54, 1.807) is 41.3 Å². The molecule has 138 heavy (non-hydrogen) atoms. The van der Waals surface area contributed by atoms with E-state index in [-0.39, 0.29) is 124 Å². The first-order valence-electron chi connectivity index (χ1n) is 46.4. The van der Waals surface area contributed by atoms with Crippen molar-refractivity contribution >= 4 is 62.4 Å². The van der Waals surface area contributed by atoms with Crippen molar-refractivity contribution < 1.29 is 72.5 Å². The van der Waals surface area contributed by atoms with E-state index in [2.05, 4.69) is 84.0 Å². The molecule has 4 aliphatic rings. The number of hydrogen-bond acceptors (Lipinski definition) is 24. The smallest absolute Gasteiger partial charge is 0.461 e. The third-order valence-corrected chi connectivity index (χ3v) is 26.3. The minimum absolute atomic E-state index is 0. The van der Waals surface area contributed by atoms with E-state index in [0.29, 0.717) is 102 Å². The number of phenols is 4. The molecule has 16 rings (SSSR count). The lowest BCUT2D eigenvalue weighted by Gasteiger charge is -2.37. The highest BCUT2D eigenvalue weighted by atomic mass is 35.5. The van der Waals surface area contributed by atoms with Crippen LogP contribution in [-0.2, 0) is 83.0 Å². The fourth-order valence-corrected chi connectivity index (χ4v) is 18.3. The number of aromatic hydroxyl groups is 4. The molecule has 3 amide bonds. The number of rotatable bonds is 31. The van der Waals surface area contributed by atoms with E-state index in [4.69, 9.17) is 23.4 Å². The number of halogens is 1. The summed E-state index contributed by atoms with van der Waals surface area (Å²) in [5.74, 6) is -0.906. The van der Waals surface area contributed by atoms with E-state index < -0.39 is 66.2 Å². The van der Waals surface area contributed by atoms with Crippen LogP contribution in [0.15, 0.2) is 217 Å². The minimum atomic E-state index is -0.959. The third kappa shape index (κ3) is 23.1. The van der Waals surface area contributed by atoms with E-state index in [9.17, 15) is 58.8 Å². The zero-order valence-corrected chi connectivity index (χ0v) is 80.8. The first-order chi connectivity index (χ1) is 65.4. The maximum Gasteiger partial charge on any atom is 0.461 e. The first kappa shape index (κ1) is 102. The molecule has 8 aromatic carbocycles. The fraction of sp³-hybridized carbons (Fsp3) is 0.365. The van der Waals surface area contributed by atoms with Crippen molar-refractivity contribution in [2.24, 2.45) is 11.8 Å². The zero-order chi connectivity index (χ0) is 98.0. The molecule has 2 unspecified atom stereocenters. The number of ketones is 2. The third-order valence-electron chi connectivity index (χ3n) is 26.3. The molecular weight excluding hydrogens is 1770 g/mol. The van der Waals surface area contributed by atoms with E-state index in [0.717, 1.165) is 58.5 Å². The quantitative estimate of drug-likeness (QED) is 0.0144. The Hall–Kier alpha value is -13.6. The molecule has 2 fully saturated rings. The minimum Gasteiger partial charge on any atom is -0.508 e. The SMILES string of the molecule is CC(C)C[C@H](CC(=O)[C@H](Cc1ccccc1)NC(=O)c1cnccn1)B1OC(C)(C)C(C)(c2ccc(C(=O)N3CCc4ccc(-n5c(-c6cc(C(C)C)c(O)cc6O)n[nH]c5=O)cc4C3)cc2)O1.CC(C)C[C@H](CC(=O)[C@H](Cc1ccccc1)NC(=O)c1cnccn1)B1OC(C)(C)C(C)(c2ccc(OC=O)cc2)O1.CC(C)c1cc(-c2n[nH]c(=O)n2-c2ccc3c(c2)CNCC3)c(O)cc1O.Cl. The van der Waals surface area contributed by atoms with Crippen LogP contribution < -0.4 is 32.1 Å². The van der Waals surface area contributed by atoms with Gasteiger partial charge in [-0.15, -0.1) is 12.4 Å². The summed E-state index contributed by atoms with van der Waals surface area (Å²) in [6.45, 7) is 30.8. The Morgan fingerprint density at radius 3 is 1.37 bits per heavy atom. The molecule has 4 aromatic heterocycles. The number of benzene rings is 8. The number of carbonyl (C=O) groups is 6. The standard InChI is InChI=1S/C52H58BN7O8.C32H38BN3O6.C20H22N4O3.ClH/c1-31(2)23-38(26-46(63)42(24-33-11-9-8-10-12-33)56-48(64)43-29-54-20-21-55-43)53-67-51(5,6)52(7,68-53)37-16-13-35(14-17-37)49(65)59-22-19-34-15-18-39(25-36(34)30-59)60-47(57-58-50(60)66)41-27-40(32(3)4)44(61)28-45(41)62;1-22(2)17-25(33-41-31(3,4)32(5,42-33)24-11-13-26(14-12-24)40-21-37)19-29(38)27(18-23-9-7-6-8-10-23)36-30(39)28-20-34-15-16-35-28;1-11(2)15-8-16(18(26)9-17(15)25)19-22-23-20(27)24(19)14-4-3-12-5-6-21-10-13(12)7-14;/h8-18,20-21,25,27-29,31-32,38,42,61-62H,19,22-24,26,30H2,1-7H3,(H,56,64)(H,58,66);6-16,20-22,25,27H,17-19H2,1-5H3,(H,36,39);3-4,7-9,11,21,25-26H,5-6,10H2,1-2H3,(H,23,27);1H/t38-,42+,52?;25-,27+,32?;;/m11../s1. The molecule has 0 spiro atoms. The van der Waals surface area contributed by atoms with Gasteiger partial charge < -0.3 is 64.6 Å². The molecule has 12 aromatic rings. The van der Waals surface area contributed by atoms with Crippen molar-refractivity contribution in [1.82, 2.24) is 70.3 Å². The number of aromatic amines is 2. The van der Waals surface area contributed by atoms with Gasteiger partial charge in [-0.1, -0.05) is 152 Å². The van der Waals surface area contributed by atoms with E-state index >= 15 is 0 Å². The Morgan fingerprint density at radius 1 is 0.514 bits per heavy atom. The number of ether oxygens (including phenoxy) is 1. The summed E-state index contributed by atoms with van der Waals surface area (Å²) in [5.41, 5.74) is 7.54. The molecule has 2 saturated heterocycles. The average molecular weight is 1890 g/mol. The van der Waals surface area contributed by atoms with Gasteiger partial charge in [-0.3, -0.25) is 38.7 Å². The summed E-state index contributed by atoms with van der Waals surface area (Å²) in [5, 5.41) is 64.3. The van der Waals surface area contributed by atoms with Gasteiger partial charge >= 0.3 is 25.6 Å². The van der Waals surface area contributed by atoms with Gasteiger partial charge in [0.15, 0.2) is 23.2 Å². The summed E-state index contributed by atoms with van der Waals surface area (Å²) >= 11 is 0. The van der Waals surface area contributed by atoms with Gasteiger partial charge in [0.2, 0.25) is 0 Å². The number of phenolic OH excluding ortho intramolecular Hbond substituents is 4.